The van der Waals surface area contributed by atoms with Crippen LogP contribution in [-0.4, -0.2) is 30.6 Å². The van der Waals surface area contributed by atoms with Gasteiger partial charge in [-0.15, -0.1) is 0 Å². The molecule has 0 aliphatic heterocycles. The summed E-state index contributed by atoms with van der Waals surface area (Å²) < 4.78 is 13.9. The molecule has 1 aromatic carbocycles. The first-order valence-electron chi connectivity index (χ1n) is 10.0. The molecule has 1 heterocycles. The van der Waals surface area contributed by atoms with Gasteiger partial charge >= 0.3 is 0 Å². The van der Waals surface area contributed by atoms with Gasteiger partial charge in [0, 0.05) is 0 Å². The standard InChI is InChI=1S/C21H34N4O3Si/c1-7-21(3,4)29(5,6)28-14-13-25-18(20(26)23-22)19(16(2)24-25)27-15-17-11-9-8-10-12-17/h8-12H,7,13-15,22H2,1-6H3,(H,23,26). The van der Waals surface area contributed by atoms with E-state index < -0.39 is 14.2 Å². The number of nitrogens with one attached hydrogen (secondary N) is 1. The van der Waals surface area contributed by atoms with Crippen LogP contribution in [0.5, 0.6) is 5.75 Å². The summed E-state index contributed by atoms with van der Waals surface area (Å²) in [5.74, 6) is 5.43. The van der Waals surface area contributed by atoms with E-state index in [2.05, 4.69) is 44.4 Å². The van der Waals surface area contributed by atoms with Crippen LogP contribution in [0.2, 0.25) is 18.1 Å². The molecule has 0 unspecified atom stereocenters. The number of nitrogens with zero attached hydrogens (tertiary/aromatic N) is 2. The molecular formula is C21H34N4O3Si. The number of carbonyl (C=O) groups excluding carboxylic acids is 1. The maximum atomic E-state index is 12.4. The third-order valence-corrected chi connectivity index (χ3v) is 10.5. The topological polar surface area (TPSA) is 91.4 Å². The smallest absolute Gasteiger partial charge is 0.287 e. The van der Waals surface area contributed by atoms with Crippen molar-refractivity contribution in [1.82, 2.24) is 15.2 Å². The number of carbonyl (C=O) groups is 1. The molecule has 1 amide bonds. The van der Waals surface area contributed by atoms with Crippen LogP contribution in [0, 0.1) is 6.92 Å². The highest BCUT2D eigenvalue weighted by molar-refractivity contribution is 6.74. The number of benzene rings is 1. The minimum Gasteiger partial charge on any atom is -0.484 e. The van der Waals surface area contributed by atoms with E-state index >= 15 is 0 Å². The van der Waals surface area contributed by atoms with Crippen LogP contribution < -0.4 is 16.0 Å². The monoisotopic (exact) mass is 418 g/mol. The first kappa shape index (κ1) is 23.1. The van der Waals surface area contributed by atoms with Crippen LogP contribution >= 0.6 is 0 Å². The van der Waals surface area contributed by atoms with Gasteiger partial charge in [0.1, 0.15) is 12.3 Å². The molecule has 1 aromatic heterocycles. The van der Waals surface area contributed by atoms with Gasteiger partial charge in [0.25, 0.3) is 5.91 Å². The fourth-order valence-electron chi connectivity index (χ4n) is 2.93. The van der Waals surface area contributed by atoms with Crippen molar-refractivity contribution in [2.75, 3.05) is 6.61 Å². The molecule has 0 radical (unpaired) electrons. The molecule has 29 heavy (non-hydrogen) atoms. The predicted molar refractivity (Wildman–Crippen MR) is 117 cm³/mol. The average Bonchev–Trinajstić information content (AvgIpc) is 3.01. The van der Waals surface area contributed by atoms with Crippen LogP contribution in [-0.2, 0) is 17.6 Å². The molecule has 8 heteroatoms. The highest BCUT2D eigenvalue weighted by Gasteiger charge is 2.39. The zero-order chi connectivity index (χ0) is 21.7. The normalized spacial score (nSPS) is 12.1. The molecule has 0 aliphatic carbocycles. The van der Waals surface area contributed by atoms with Crippen molar-refractivity contribution < 1.29 is 14.0 Å². The Labute approximate surface area is 174 Å². The Morgan fingerprint density at radius 1 is 1.28 bits per heavy atom. The molecular weight excluding hydrogens is 384 g/mol. The first-order valence-corrected chi connectivity index (χ1v) is 12.9. The van der Waals surface area contributed by atoms with Crippen LogP contribution in [0.4, 0.5) is 0 Å². The van der Waals surface area contributed by atoms with Crippen molar-refractivity contribution in [1.29, 1.82) is 0 Å². The first-order chi connectivity index (χ1) is 13.6. The van der Waals surface area contributed by atoms with Gasteiger partial charge in [-0.1, -0.05) is 57.5 Å². The minimum absolute atomic E-state index is 0.161. The Bertz CT molecular complexity index is 819. The van der Waals surface area contributed by atoms with E-state index in [4.69, 9.17) is 15.0 Å². The van der Waals surface area contributed by atoms with Crippen molar-refractivity contribution in [3.63, 3.8) is 0 Å². The van der Waals surface area contributed by atoms with Crippen molar-refractivity contribution in [3.8, 4) is 5.75 Å². The molecule has 7 nitrogen and oxygen atoms in total. The van der Waals surface area contributed by atoms with Crippen LogP contribution in [0.1, 0.15) is 48.9 Å². The largest absolute Gasteiger partial charge is 0.484 e. The van der Waals surface area contributed by atoms with Crippen molar-refractivity contribution >= 4 is 14.2 Å². The molecule has 0 saturated heterocycles. The Kier molecular flexibility index (Phi) is 7.62. The summed E-state index contributed by atoms with van der Waals surface area (Å²) in [4.78, 5) is 12.4. The van der Waals surface area contributed by atoms with Gasteiger partial charge in [0.15, 0.2) is 19.8 Å². The second kappa shape index (κ2) is 9.56. The SMILES string of the molecule is CCC(C)(C)[Si](C)(C)OCCn1nc(C)c(OCc2ccccc2)c1C(=O)NN. The second-order valence-electron chi connectivity index (χ2n) is 8.33. The lowest BCUT2D eigenvalue weighted by molar-refractivity contribution is 0.0936. The van der Waals surface area contributed by atoms with E-state index in [1.807, 2.05) is 37.3 Å². The Hall–Kier alpha value is -2.16. The lowest BCUT2D eigenvalue weighted by Crippen LogP contribution is -2.43. The summed E-state index contributed by atoms with van der Waals surface area (Å²) in [6, 6.07) is 9.79. The molecule has 0 bridgehead atoms. The Morgan fingerprint density at radius 2 is 1.93 bits per heavy atom. The molecule has 0 saturated carbocycles. The fraction of sp³-hybridized carbons (Fsp3) is 0.524. The van der Waals surface area contributed by atoms with Gasteiger partial charge in [0.2, 0.25) is 0 Å². The van der Waals surface area contributed by atoms with Crippen LogP contribution in [0.15, 0.2) is 30.3 Å². The zero-order valence-corrected chi connectivity index (χ0v) is 19.4. The predicted octanol–water partition coefficient (Wildman–Crippen LogP) is 3.79. The number of rotatable bonds is 10. The summed E-state index contributed by atoms with van der Waals surface area (Å²) in [5.41, 5.74) is 4.17. The summed E-state index contributed by atoms with van der Waals surface area (Å²) in [6.07, 6.45) is 1.06. The van der Waals surface area contributed by atoms with E-state index in [1.165, 1.54) is 0 Å². The van der Waals surface area contributed by atoms with Gasteiger partial charge in [-0.25, -0.2) is 5.84 Å². The number of hydrogen-bond acceptors (Lipinski definition) is 5. The van der Waals surface area contributed by atoms with E-state index in [1.54, 1.807) is 4.68 Å². The quantitative estimate of drug-likeness (QED) is 0.265. The molecule has 0 spiro atoms. The van der Waals surface area contributed by atoms with Gasteiger partial charge in [-0.3, -0.25) is 14.9 Å². The number of amides is 1. The van der Waals surface area contributed by atoms with E-state index in [-0.39, 0.29) is 5.04 Å². The lowest BCUT2D eigenvalue weighted by atomic mass is 10.1. The number of hydrazine groups is 1. The minimum atomic E-state index is -1.90. The van der Waals surface area contributed by atoms with Gasteiger partial charge < -0.3 is 9.16 Å². The molecule has 0 fully saturated rings. The van der Waals surface area contributed by atoms with Gasteiger partial charge in [-0.05, 0) is 30.6 Å². The van der Waals surface area contributed by atoms with E-state index in [9.17, 15) is 4.79 Å². The summed E-state index contributed by atoms with van der Waals surface area (Å²) in [7, 11) is -1.90. The van der Waals surface area contributed by atoms with E-state index in [0.29, 0.717) is 36.9 Å². The number of hydrogen-bond donors (Lipinski definition) is 2. The second-order valence-corrected chi connectivity index (χ2v) is 13.0. The van der Waals surface area contributed by atoms with Gasteiger partial charge in [-0.2, -0.15) is 5.10 Å². The molecule has 160 valence electrons. The summed E-state index contributed by atoms with van der Waals surface area (Å²) in [6.45, 7) is 14.2. The lowest BCUT2D eigenvalue weighted by Gasteiger charge is -2.38. The third-order valence-electron chi connectivity index (χ3n) is 5.92. The zero-order valence-electron chi connectivity index (χ0n) is 18.4. The Balaban J connectivity index is 2.16. The number of ether oxygens (including phenoxy) is 1. The highest BCUT2D eigenvalue weighted by Crippen LogP contribution is 2.40. The highest BCUT2D eigenvalue weighted by atomic mass is 28.4. The van der Waals surface area contributed by atoms with Crippen molar-refractivity contribution in [2.24, 2.45) is 5.84 Å². The molecule has 2 rings (SSSR count). The summed E-state index contributed by atoms with van der Waals surface area (Å²) in [5, 5.41) is 4.67. The number of nitrogens with two attached hydrogens (primary N) is 1. The number of aryl methyl sites for hydroxylation is 1. The Morgan fingerprint density at radius 3 is 2.52 bits per heavy atom. The van der Waals surface area contributed by atoms with Crippen molar-refractivity contribution in [3.05, 3.63) is 47.3 Å². The maximum Gasteiger partial charge on any atom is 0.287 e. The summed E-state index contributed by atoms with van der Waals surface area (Å²) >= 11 is 0. The maximum absolute atomic E-state index is 12.4. The molecule has 0 atom stereocenters. The van der Waals surface area contributed by atoms with Crippen molar-refractivity contribution in [2.45, 2.75) is 65.4 Å². The van der Waals surface area contributed by atoms with Gasteiger partial charge in [0.05, 0.1) is 13.2 Å². The fourth-order valence-corrected chi connectivity index (χ4v) is 4.77. The van der Waals surface area contributed by atoms with E-state index in [0.717, 1.165) is 12.0 Å². The molecule has 2 aromatic rings. The van der Waals surface area contributed by atoms with Crippen LogP contribution in [0.25, 0.3) is 0 Å². The average molecular weight is 419 g/mol. The molecule has 3 N–H and O–H groups in total. The number of nitrogen functional groups attached to an aromatic ring is 1. The van der Waals surface area contributed by atoms with Crippen LogP contribution in [0.3, 0.4) is 0 Å². The third kappa shape index (κ3) is 5.46. The number of aromatic nitrogens is 2. The molecule has 0 aliphatic rings.